The first kappa shape index (κ1) is 15.6. The molecule has 0 spiro atoms. The second-order valence-electron chi connectivity index (χ2n) is 5.83. The van der Waals surface area contributed by atoms with E-state index in [-0.39, 0.29) is 28.8 Å². The van der Waals surface area contributed by atoms with E-state index in [4.69, 9.17) is 5.73 Å². The Kier molecular flexibility index (Phi) is 4.37. The van der Waals surface area contributed by atoms with E-state index in [9.17, 15) is 9.59 Å². The summed E-state index contributed by atoms with van der Waals surface area (Å²) in [4.78, 5) is 29.1. The Morgan fingerprint density at radius 2 is 2.00 bits per heavy atom. The van der Waals surface area contributed by atoms with Crippen molar-refractivity contribution in [2.45, 2.75) is 38.1 Å². The SMILES string of the molecule is Cn1c(=O)c2nc(NCCCN)nnc2n(C2CCCC2)c1=O. The van der Waals surface area contributed by atoms with E-state index in [0.717, 1.165) is 36.7 Å². The van der Waals surface area contributed by atoms with Gasteiger partial charge in [-0.15, -0.1) is 10.2 Å². The van der Waals surface area contributed by atoms with Gasteiger partial charge in [-0.25, -0.2) is 9.78 Å². The summed E-state index contributed by atoms with van der Waals surface area (Å²) in [6.45, 7) is 1.16. The Balaban J connectivity index is 2.12. The lowest BCUT2D eigenvalue weighted by atomic mass is 10.2. The molecular weight excluding hydrogens is 298 g/mol. The fourth-order valence-electron chi connectivity index (χ4n) is 2.99. The van der Waals surface area contributed by atoms with Crippen LogP contribution in [0.3, 0.4) is 0 Å². The van der Waals surface area contributed by atoms with Gasteiger partial charge in [-0.1, -0.05) is 12.8 Å². The fourth-order valence-corrected chi connectivity index (χ4v) is 2.99. The summed E-state index contributed by atoms with van der Waals surface area (Å²) >= 11 is 0. The number of rotatable bonds is 5. The van der Waals surface area contributed by atoms with E-state index in [0.29, 0.717) is 13.1 Å². The maximum Gasteiger partial charge on any atom is 0.332 e. The molecule has 9 heteroatoms. The molecule has 1 saturated carbocycles. The second kappa shape index (κ2) is 6.45. The van der Waals surface area contributed by atoms with Crippen LogP contribution in [0, 0.1) is 0 Å². The number of fused-ring (bicyclic) bond motifs is 1. The molecule has 0 aliphatic heterocycles. The highest BCUT2D eigenvalue weighted by Gasteiger charge is 2.24. The van der Waals surface area contributed by atoms with Gasteiger partial charge in [-0.05, 0) is 25.8 Å². The van der Waals surface area contributed by atoms with E-state index in [2.05, 4.69) is 20.5 Å². The molecule has 3 rings (SSSR count). The van der Waals surface area contributed by atoms with Crippen LogP contribution in [0.1, 0.15) is 38.1 Å². The highest BCUT2D eigenvalue weighted by molar-refractivity contribution is 5.69. The molecule has 0 bridgehead atoms. The molecule has 0 amide bonds. The van der Waals surface area contributed by atoms with E-state index >= 15 is 0 Å². The lowest BCUT2D eigenvalue weighted by molar-refractivity contribution is 0.486. The molecule has 0 saturated heterocycles. The van der Waals surface area contributed by atoms with Crippen LogP contribution >= 0.6 is 0 Å². The number of hydrogen-bond acceptors (Lipinski definition) is 7. The second-order valence-corrected chi connectivity index (χ2v) is 5.83. The molecule has 124 valence electrons. The minimum absolute atomic E-state index is 0.0592. The Bertz CT molecular complexity index is 820. The number of nitrogens with two attached hydrogens (primary N) is 1. The Morgan fingerprint density at radius 1 is 1.26 bits per heavy atom. The molecular formula is C14H21N7O2. The molecule has 1 fully saturated rings. The lowest BCUT2D eigenvalue weighted by Gasteiger charge is -2.16. The van der Waals surface area contributed by atoms with Crippen molar-refractivity contribution < 1.29 is 0 Å². The third-order valence-electron chi connectivity index (χ3n) is 4.25. The molecule has 0 aromatic carbocycles. The van der Waals surface area contributed by atoms with Crippen LogP contribution in [0.4, 0.5) is 5.95 Å². The Labute approximate surface area is 132 Å². The summed E-state index contributed by atoms with van der Waals surface area (Å²) < 4.78 is 2.67. The predicted molar refractivity (Wildman–Crippen MR) is 86.5 cm³/mol. The van der Waals surface area contributed by atoms with Crippen molar-refractivity contribution in [3.05, 3.63) is 20.8 Å². The number of nitrogens with zero attached hydrogens (tertiary/aromatic N) is 5. The van der Waals surface area contributed by atoms with Gasteiger partial charge in [0.1, 0.15) is 0 Å². The van der Waals surface area contributed by atoms with Gasteiger partial charge in [0, 0.05) is 19.6 Å². The Morgan fingerprint density at radius 3 is 2.70 bits per heavy atom. The number of anilines is 1. The van der Waals surface area contributed by atoms with Crippen molar-refractivity contribution in [2.75, 3.05) is 18.4 Å². The lowest BCUT2D eigenvalue weighted by Crippen LogP contribution is -2.40. The highest BCUT2D eigenvalue weighted by Crippen LogP contribution is 2.29. The smallest absolute Gasteiger partial charge is 0.332 e. The van der Waals surface area contributed by atoms with Crippen LogP contribution in [-0.4, -0.2) is 37.4 Å². The molecule has 9 nitrogen and oxygen atoms in total. The third-order valence-corrected chi connectivity index (χ3v) is 4.25. The molecule has 3 N–H and O–H groups in total. The zero-order valence-electron chi connectivity index (χ0n) is 13.2. The molecule has 1 aliphatic rings. The van der Waals surface area contributed by atoms with Crippen LogP contribution in [0.2, 0.25) is 0 Å². The topological polar surface area (TPSA) is 121 Å². The van der Waals surface area contributed by atoms with Crippen molar-refractivity contribution in [1.29, 1.82) is 0 Å². The van der Waals surface area contributed by atoms with Gasteiger partial charge >= 0.3 is 5.69 Å². The standard InChI is InChI=1S/C14H21N7O2/c1-20-12(22)10-11(18-19-13(17-10)16-8-4-7-15)21(14(20)23)9-5-2-3-6-9/h9H,2-8,15H2,1H3,(H,16,17,19). The summed E-state index contributed by atoms with van der Waals surface area (Å²) in [5, 5.41) is 11.1. The van der Waals surface area contributed by atoms with Crippen LogP contribution in [0.5, 0.6) is 0 Å². The van der Waals surface area contributed by atoms with Gasteiger partial charge in [-0.3, -0.25) is 13.9 Å². The number of nitrogens with one attached hydrogen (secondary N) is 1. The van der Waals surface area contributed by atoms with Crippen LogP contribution < -0.4 is 22.3 Å². The maximum absolute atomic E-state index is 12.5. The van der Waals surface area contributed by atoms with Crippen LogP contribution in [-0.2, 0) is 7.05 Å². The predicted octanol–water partition coefficient (Wildman–Crippen LogP) is -0.239. The van der Waals surface area contributed by atoms with E-state index in [1.54, 1.807) is 4.57 Å². The van der Waals surface area contributed by atoms with Gasteiger partial charge in [0.15, 0.2) is 11.2 Å². The van der Waals surface area contributed by atoms with E-state index in [1.165, 1.54) is 7.05 Å². The molecule has 2 aromatic rings. The van der Waals surface area contributed by atoms with Gasteiger partial charge in [0.25, 0.3) is 5.56 Å². The summed E-state index contributed by atoms with van der Waals surface area (Å²) in [6, 6.07) is 0.0592. The Hall–Kier alpha value is -2.29. The maximum atomic E-state index is 12.5. The van der Waals surface area contributed by atoms with Crippen molar-refractivity contribution in [1.82, 2.24) is 24.3 Å². The van der Waals surface area contributed by atoms with Gasteiger partial charge in [0.05, 0.1) is 0 Å². The van der Waals surface area contributed by atoms with Gasteiger partial charge in [-0.2, -0.15) is 0 Å². The molecule has 1 aliphatic carbocycles. The summed E-state index contributed by atoms with van der Waals surface area (Å²) in [5.74, 6) is 0.277. The first-order valence-electron chi connectivity index (χ1n) is 7.93. The molecule has 0 radical (unpaired) electrons. The fraction of sp³-hybridized carbons (Fsp3) is 0.643. The average molecular weight is 319 g/mol. The van der Waals surface area contributed by atoms with Crippen molar-refractivity contribution >= 4 is 17.1 Å². The molecule has 2 aromatic heterocycles. The zero-order chi connectivity index (χ0) is 16.4. The minimum Gasteiger partial charge on any atom is -0.353 e. The van der Waals surface area contributed by atoms with Crippen LogP contribution in [0.25, 0.3) is 11.2 Å². The summed E-state index contributed by atoms with van der Waals surface area (Å²) in [5.41, 5.74) is 5.09. The van der Waals surface area contributed by atoms with Crippen molar-refractivity contribution in [3.63, 3.8) is 0 Å². The van der Waals surface area contributed by atoms with Crippen molar-refractivity contribution in [2.24, 2.45) is 12.8 Å². The third kappa shape index (κ3) is 2.83. The molecule has 2 heterocycles. The average Bonchev–Trinajstić information content (AvgIpc) is 3.08. The summed E-state index contributed by atoms with van der Waals surface area (Å²) in [6.07, 6.45) is 4.72. The molecule has 23 heavy (non-hydrogen) atoms. The molecule has 0 unspecified atom stereocenters. The van der Waals surface area contributed by atoms with Gasteiger partial charge < -0.3 is 11.1 Å². The highest BCUT2D eigenvalue weighted by atomic mass is 16.2. The first-order valence-corrected chi connectivity index (χ1v) is 7.93. The minimum atomic E-state index is -0.448. The molecule has 0 atom stereocenters. The monoisotopic (exact) mass is 319 g/mol. The first-order chi connectivity index (χ1) is 11.1. The quantitative estimate of drug-likeness (QED) is 0.730. The summed E-state index contributed by atoms with van der Waals surface area (Å²) in [7, 11) is 1.47. The zero-order valence-corrected chi connectivity index (χ0v) is 13.2. The normalized spacial score (nSPS) is 15.4. The van der Waals surface area contributed by atoms with Crippen LogP contribution in [0.15, 0.2) is 9.59 Å². The largest absolute Gasteiger partial charge is 0.353 e. The number of hydrogen-bond donors (Lipinski definition) is 2. The van der Waals surface area contributed by atoms with Gasteiger partial charge in [0.2, 0.25) is 5.95 Å². The van der Waals surface area contributed by atoms with E-state index in [1.807, 2.05) is 0 Å². The number of aromatic nitrogens is 5. The van der Waals surface area contributed by atoms with Crippen molar-refractivity contribution in [3.8, 4) is 0 Å². The van der Waals surface area contributed by atoms with E-state index < -0.39 is 5.56 Å².